The zero-order valence-corrected chi connectivity index (χ0v) is 15.1. The highest BCUT2D eigenvalue weighted by Gasteiger charge is 2.45. The molecule has 0 aliphatic carbocycles. The summed E-state index contributed by atoms with van der Waals surface area (Å²) in [7, 11) is 0. The molecule has 1 N–H and O–H groups in total. The topological polar surface area (TPSA) is 61.8 Å². The van der Waals surface area contributed by atoms with E-state index in [9.17, 15) is 14.0 Å². The maximum Gasteiger partial charge on any atom is 0.250 e. The maximum absolute atomic E-state index is 13.2. The van der Waals surface area contributed by atoms with Gasteiger partial charge in [0.05, 0.1) is 12.5 Å². The Hall–Kier alpha value is -2.76. The molecule has 0 aromatic heterocycles. The fourth-order valence-corrected chi connectivity index (χ4v) is 3.26. The van der Waals surface area contributed by atoms with E-state index >= 15 is 0 Å². The van der Waals surface area contributed by atoms with E-state index < -0.39 is 5.54 Å². The van der Waals surface area contributed by atoms with Crippen LogP contribution in [0.25, 0.3) is 0 Å². The van der Waals surface area contributed by atoms with Gasteiger partial charge in [-0.25, -0.2) is 4.39 Å². The molecular weight excluding hydrogens is 333 g/mol. The molecule has 2 amide bonds. The Labute approximate surface area is 152 Å². The normalized spacial score (nSPS) is 23.1. The summed E-state index contributed by atoms with van der Waals surface area (Å²) < 4.78 is 13.2. The lowest BCUT2D eigenvalue weighted by Gasteiger charge is -2.42. The number of hydrogen-bond acceptors (Lipinski definition) is 3. The first-order valence-corrected chi connectivity index (χ1v) is 8.67. The molecular formula is C20H22FN3O2. The van der Waals surface area contributed by atoms with E-state index in [1.54, 1.807) is 36.2 Å². The number of amides is 2. The van der Waals surface area contributed by atoms with E-state index in [0.29, 0.717) is 12.3 Å². The second kappa shape index (κ2) is 6.86. The zero-order chi connectivity index (χ0) is 18.9. The Bertz CT molecular complexity index is 826. The third kappa shape index (κ3) is 3.31. The van der Waals surface area contributed by atoms with Crippen LogP contribution in [0.2, 0.25) is 0 Å². The summed E-state index contributed by atoms with van der Waals surface area (Å²) in [5.41, 5.74) is 0.733. The molecule has 26 heavy (non-hydrogen) atoms. The average molecular weight is 355 g/mol. The summed E-state index contributed by atoms with van der Waals surface area (Å²) in [5.74, 6) is -0.412. The molecule has 3 rings (SSSR count). The van der Waals surface area contributed by atoms with Crippen molar-refractivity contribution in [3.8, 4) is 0 Å². The summed E-state index contributed by atoms with van der Waals surface area (Å²) in [4.78, 5) is 31.0. The van der Waals surface area contributed by atoms with Crippen molar-refractivity contribution < 1.29 is 14.0 Å². The molecule has 0 spiro atoms. The van der Waals surface area contributed by atoms with Crippen LogP contribution in [0.1, 0.15) is 45.2 Å². The van der Waals surface area contributed by atoms with Crippen molar-refractivity contribution in [2.75, 3.05) is 0 Å². The van der Waals surface area contributed by atoms with E-state index in [2.05, 4.69) is 10.3 Å². The van der Waals surface area contributed by atoms with Crippen LogP contribution >= 0.6 is 0 Å². The fraction of sp³-hybridized carbons (Fsp3) is 0.350. The monoisotopic (exact) mass is 355 g/mol. The highest BCUT2D eigenvalue weighted by Crippen LogP contribution is 2.30. The minimum absolute atomic E-state index is 0.000582. The van der Waals surface area contributed by atoms with Crippen molar-refractivity contribution in [2.24, 2.45) is 4.99 Å². The number of halogens is 1. The van der Waals surface area contributed by atoms with Gasteiger partial charge in [-0.3, -0.25) is 9.59 Å². The lowest BCUT2D eigenvalue weighted by molar-refractivity contribution is -0.135. The summed E-state index contributed by atoms with van der Waals surface area (Å²) >= 11 is 0. The number of rotatable bonds is 4. The Morgan fingerprint density at radius 2 is 2.08 bits per heavy atom. The Morgan fingerprint density at radius 3 is 2.73 bits per heavy atom. The van der Waals surface area contributed by atoms with Crippen LogP contribution in [-0.2, 0) is 9.59 Å². The lowest BCUT2D eigenvalue weighted by atomic mass is 9.90. The smallest absolute Gasteiger partial charge is 0.250 e. The molecule has 6 heteroatoms. The molecule has 0 saturated heterocycles. The van der Waals surface area contributed by atoms with Gasteiger partial charge in [-0.05, 0) is 55.7 Å². The van der Waals surface area contributed by atoms with Crippen molar-refractivity contribution in [1.29, 1.82) is 0 Å². The number of aliphatic imine (C=N–C) groups is 1. The van der Waals surface area contributed by atoms with Crippen LogP contribution in [0.5, 0.6) is 0 Å². The molecule has 2 atom stereocenters. The molecule has 5 nitrogen and oxygen atoms in total. The van der Waals surface area contributed by atoms with Gasteiger partial charge >= 0.3 is 0 Å². The molecule has 0 radical (unpaired) electrons. The average Bonchev–Trinajstić information content (AvgIpc) is 2.59. The highest BCUT2D eigenvalue weighted by molar-refractivity contribution is 6.10. The second-order valence-corrected chi connectivity index (χ2v) is 6.87. The standard InChI is InChI=1S/C20H22FN3O2/c1-4-16(14-5-7-15(21)8-6-14)22-19(26)20(3)12-18(25)23-17-11-13(2)9-10-24(17)20/h5-11,16H,4,12H2,1-3H3,(H,22,26)/t16-,20+/m0/s1. The first kappa shape index (κ1) is 18.0. The molecule has 2 aliphatic rings. The molecule has 1 aromatic carbocycles. The molecule has 2 aliphatic heterocycles. The quantitative estimate of drug-likeness (QED) is 0.902. The van der Waals surface area contributed by atoms with E-state index in [1.807, 2.05) is 19.9 Å². The van der Waals surface area contributed by atoms with Gasteiger partial charge in [0.1, 0.15) is 17.2 Å². The predicted octanol–water partition coefficient (Wildman–Crippen LogP) is 3.26. The van der Waals surface area contributed by atoms with Crippen molar-refractivity contribution in [3.05, 3.63) is 59.6 Å². The number of benzene rings is 1. The molecule has 0 unspecified atom stereocenters. The third-order valence-electron chi connectivity index (χ3n) is 4.83. The lowest BCUT2D eigenvalue weighted by Crippen LogP contribution is -2.60. The highest BCUT2D eigenvalue weighted by atomic mass is 19.1. The summed E-state index contributed by atoms with van der Waals surface area (Å²) in [5, 5.41) is 3.01. The SMILES string of the molecule is CC[C@H](NC(=O)[C@@]1(C)CC(=O)N=C2C=C(C)C=CN21)c1ccc(F)cc1. The summed E-state index contributed by atoms with van der Waals surface area (Å²) in [6.07, 6.45) is 6.12. The molecule has 136 valence electrons. The number of carbonyl (C=O) groups excluding carboxylic acids is 2. The number of nitrogens with zero attached hydrogens (tertiary/aromatic N) is 2. The Morgan fingerprint density at radius 1 is 1.38 bits per heavy atom. The van der Waals surface area contributed by atoms with Gasteiger partial charge < -0.3 is 10.2 Å². The van der Waals surface area contributed by atoms with E-state index in [4.69, 9.17) is 0 Å². The van der Waals surface area contributed by atoms with Gasteiger partial charge in [-0.15, -0.1) is 0 Å². The molecule has 2 heterocycles. The molecule has 1 aromatic rings. The number of nitrogens with one attached hydrogen (secondary N) is 1. The van der Waals surface area contributed by atoms with Gasteiger partial charge in [0.15, 0.2) is 0 Å². The third-order valence-corrected chi connectivity index (χ3v) is 4.83. The van der Waals surface area contributed by atoms with E-state index in [-0.39, 0.29) is 30.1 Å². The van der Waals surface area contributed by atoms with Crippen LogP contribution in [0.3, 0.4) is 0 Å². The Balaban J connectivity index is 1.86. The largest absolute Gasteiger partial charge is 0.347 e. The van der Waals surface area contributed by atoms with E-state index in [1.165, 1.54) is 12.1 Å². The van der Waals surface area contributed by atoms with Crippen molar-refractivity contribution in [1.82, 2.24) is 10.2 Å². The van der Waals surface area contributed by atoms with Crippen LogP contribution in [-0.4, -0.2) is 28.1 Å². The number of hydrogen-bond donors (Lipinski definition) is 1. The molecule has 0 saturated carbocycles. The number of fused-ring (bicyclic) bond motifs is 1. The second-order valence-electron chi connectivity index (χ2n) is 6.87. The van der Waals surface area contributed by atoms with Crippen LogP contribution < -0.4 is 5.32 Å². The van der Waals surface area contributed by atoms with Gasteiger partial charge in [-0.2, -0.15) is 4.99 Å². The Kier molecular flexibility index (Phi) is 4.76. The van der Waals surface area contributed by atoms with Gasteiger partial charge in [0.2, 0.25) is 5.91 Å². The van der Waals surface area contributed by atoms with Gasteiger partial charge in [-0.1, -0.05) is 19.1 Å². The number of amidine groups is 1. The van der Waals surface area contributed by atoms with Crippen molar-refractivity contribution in [2.45, 2.75) is 45.2 Å². The summed E-state index contributed by atoms with van der Waals surface area (Å²) in [6.45, 7) is 5.60. The minimum atomic E-state index is -1.06. The predicted molar refractivity (Wildman–Crippen MR) is 97.8 cm³/mol. The zero-order valence-electron chi connectivity index (χ0n) is 15.1. The first-order chi connectivity index (χ1) is 12.3. The van der Waals surface area contributed by atoms with Crippen LogP contribution in [0.4, 0.5) is 4.39 Å². The fourth-order valence-electron chi connectivity index (χ4n) is 3.26. The van der Waals surface area contributed by atoms with Crippen molar-refractivity contribution >= 4 is 17.6 Å². The van der Waals surface area contributed by atoms with Crippen LogP contribution in [0.15, 0.2) is 53.2 Å². The number of carbonyl (C=O) groups is 2. The van der Waals surface area contributed by atoms with Crippen LogP contribution in [0, 0.1) is 5.82 Å². The number of allylic oxidation sites excluding steroid dienone is 2. The van der Waals surface area contributed by atoms with Gasteiger partial charge in [0, 0.05) is 6.20 Å². The van der Waals surface area contributed by atoms with Crippen molar-refractivity contribution in [3.63, 3.8) is 0 Å². The van der Waals surface area contributed by atoms with E-state index in [0.717, 1.165) is 11.1 Å². The summed E-state index contributed by atoms with van der Waals surface area (Å²) in [6, 6.07) is 5.82. The molecule has 0 fully saturated rings. The maximum atomic E-state index is 13.2. The first-order valence-electron chi connectivity index (χ1n) is 8.67. The molecule has 0 bridgehead atoms. The minimum Gasteiger partial charge on any atom is -0.347 e. The van der Waals surface area contributed by atoms with Gasteiger partial charge in [0.25, 0.3) is 5.91 Å².